The van der Waals surface area contributed by atoms with Crippen LogP contribution in [0.5, 0.6) is 0 Å². The molecule has 0 radical (unpaired) electrons. The van der Waals surface area contributed by atoms with Crippen molar-refractivity contribution in [1.29, 1.82) is 0 Å². The Labute approximate surface area is 618 Å². The highest BCUT2D eigenvalue weighted by molar-refractivity contribution is 7.47. The molecule has 0 aliphatic rings. The van der Waals surface area contributed by atoms with Crippen LogP contribution in [0.1, 0.15) is 402 Å². The summed E-state index contributed by atoms with van der Waals surface area (Å²) in [6, 6.07) is 0. The summed E-state index contributed by atoms with van der Waals surface area (Å²) in [5, 5.41) is 10.6. The fraction of sp³-hybridized carbons (Fsp3) is 0.902. The summed E-state index contributed by atoms with van der Waals surface area (Å²) in [5.41, 5.74) is 0. The molecule has 4 unspecified atom stereocenters. The van der Waals surface area contributed by atoms with Crippen molar-refractivity contribution < 1.29 is 80.2 Å². The Morgan fingerprint density at radius 1 is 0.327 bits per heavy atom. The molecule has 0 spiro atoms. The van der Waals surface area contributed by atoms with Crippen LogP contribution in [0.3, 0.4) is 0 Å². The topological polar surface area (TPSA) is 237 Å². The van der Waals surface area contributed by atoms with Crippen LogP contribution in [-0.4, -0.2) is 96.7 Å². The minimum atomic E-state index is -4.97. The Morgan fingerprint density at radius 3 is 0.881 bits per heavy atom. The molecule has 0 heterocycles. The number of carbonyl (C=O) groups is 4. The number of hydrogen-bond acceptors (Lipinski definition) is 15. The molecule has 0 saturated carbocycles. The molecule has 0 aliphatic heterocycles. The van der Waals surface area contributed by atoms with Crippen LogP contribution in [0.15, 0.2) is 24.3 Å². The van der Waals surface area contributed by atoms with Crippen molar-refractivity contribution in [2.24, 2.45) is 17.8 Å². The molecule has 0 aromatic rings. The van der Waals surface area contributed by atoms with Crippen LogP contribution in [0.2, 0.25) is 0 Å². The van der Waals surface area contributed by atoms with Crippen molar-refractivity contribution in [3.63, 3.8) is 0 Å². The Bertz CT molecular complexity index is 2050. The lowest BCUT2D eigenvalue weighted by Gasteiger charge is -2.21. The highest BCUT2D eigenvalue weighted by Crippen LogP contribution is 2.45. The van der Waals surface area contributed by atoms with E-state index in [1.807, 2.05) is 0 Å². The molecule has 0 saturated heterocycles. The van der Waals surface area contributed by atoms with E-state index in [1.54, 1.807) is 0 Å². The number of ether oxygens (including phenoxy) is 4. The van der Waals surface area contributed by atoms with E-state index in [0.29, 0.717) is 31.6 Å². The first-order valence-corrected chi connectivity index (χ1v) is 44.7. The van der Waals surface area contributed by atoms with E-state index in [9.17, 15) is 43.2 Å². The van der Waals surface area contributed by atoms with Gasteiger partial charge in [0, 0.05) is 25.7 Å². The molecular weight excluding hydrogens is 1320 g/mol. The number of carbonyl (C=O) groups excluding carboxylic acids is 4. The molecule has 6 atom stereocenters. The number of rotatable bonds is 78. The maximum Gasteiger partial charge on any atom is 0.472 e. The largest absolute Gasteiger partial charge is 0.472 e. The van der Waals surface area contributed by atoms with Gasteiger partial charge in [-0.2, -0.15) is 0 Å². The predicted octanol–water partition coefficient (Wildman–Crippen LogP) is 24.1. The molecule has 101 heavy (non-hydrogen) atoms. The lowest BCUT2D eigenvalue weighted by molar-refractivity contribution is -0.161. The molecule has 17 nitrogen and oxygen atoms in total. The first kappa shape index (κ1) is 98.5. The molecular formula is C82H156O17P2. The number of esters is 4. The molecule has 19 heteroatoms. The van der Waals surface area contributed by atoms with E-state index in [2.05, 4.69) is 72.8 Å². The van der Waals surface area contributed by atoms with Crippen molar-refractivity contribution >= 4 is 39.5 Å². The zero-order valence-electron chi connectivity index (χ0n) is 65.9. The van der Waals surface area contributed by atoms with Gasteiger partial charge in [0.25, 0.3) is 0 Å². The van der Waals surface area contributed by atoms with Crippen molar-refractivity contribution in [3.05, 3.63) is 24.3 Å². The Balaban J connectivity index is 5.24. The van der Waals surface area contributed by atoms with Crippen LogP contribution in [-0.2, 0) is 65.4 Å². The molecule has 3 N–H and O–H groups in total. The average Bonchev–Trinajstić information content (AvgIpc) is 0.948. The number of allylic oxidation sites excluding steroid dienone is 4. The Hall–Kier alpha value is -2.46. The minimum absolute atomic E-state index is 0.0841. The third-order valence-electron chi connectivity index (χ3n) is 18.9. The third kappa shape index (κ3) is 74.2. The molecule has 596 valence electrons. The quantitative estimate of drug-likeness (QED) is 0.0169. The highest BCUT2D eigenvalue weighted by atomic mass is 31.2. The number of unbranched alkanes of at least 4 members (excludes halogenated alkanes) is 42. The van der Waals surface area contributed by atoms with Gasteiger partial charge in [0.05, 0.1) is 26.4 Å². The normalized spacial score (nSPS) is 14.4. The molecule has 0 aromatic heterocycles. The standard InChI is InChI=1S/C82H156O17P2/c1-8-10-11-12-13-14-15-16-21-25-30-36-43-51-58-65-82(87)99-78(70-93-80(85)64-57-50-45-38-40-47-54-61-74(5)6)72-97-101(90,91)95-68-76(83)67-94-100(88,89)96-71-77(69-92-79(84)63-56-49-42-35-32-27-28-33-39-46-53-60-73(3)4)98-81(86)66-59-52-44-37-31-26-23-20-18-17-19-22-24-29-34-41-48-55-62-75(7)9-2/h14-16,21,73-78,83H,8-13,17-20,22-72H2,1-7H3,(H,88,89)(H,90,91)/b15-14-,21-16-/t75?,76?,77-,78-/m1/s1. The van der Waals surface area contributed by atoms with Gasteiger partial charge in [-0.1, -0.05) is 349 Å². The number of phosphoric ester groups is 2. The number of phosphoric acid groups is 2. The fourth-order valence-corrected chi connectivity index (χ4v) is 13.7. The minimum Gasteiger partial charge on any atom is -0.462 e. The van der Waals surface area contributed by atoms with E-state index < -0.39 is 97.5 Å². The third-order valence-corrected chi connectivity index (χ3v) is 20.8. The van der Waals surface area contributed by atoms with Gasteiger partial charge in [-0.05, 0) is 69.1 Å². The van der Waals surface area contributed by atoms with Gasteiger partial charge in [0.1, 0.15) is 19.3 Å². The summed E-state index contributed by atoms with van der Waals surface area (Å²) in [7, 11) is -9.93. The summed E-state index contributed by atoms with van der Waals surface area (Å²) < 4.78 is 68.7. The van der Waals surface area contributed by atoms with Gasteiger partial charge in [0.2, 0.25) is 0 Å². The predicted molar refractivity (Wildman–Crippen MR) is 414 cm³/mol. The first-order valence-electron chi connectivity index (χ1n) is 41.7. The molecule has 0 aliphatic carbocycles. The second-order valence-electron chi connectivity index (χ2n) is 30.0. The van der Waals surface area contributed by atoms with E-state index in [-0.39, 0.29) is 25.7 Å². The maximum atomic E-state index is 13.1. The number of aliphatic hydroxyl groups excluding tert-OH is 1. The van der Waals surface area contributed by atoms with Gasteiger partial charge in [-0.15, -0.1) is 0 Å². The van der Waals surface area contributed by atoms with Crippen molar-refractivity contribution in [2.45, 2.75) is 420 Å². The second-order valence-corrected chi connectivity index (χ2v) is 32.9. The Morgan fingerprint density at radius 2 is 0.584 bits per heavy atom. The summed E-state index contributed by atoms with van der Waals surface area (Å²) in [6.07, 6.45) is 63.3. The van der Waals surface area contributed by atoms with E-state index >= 15 is 0 Å². The van der Waals surface area contributed by atoms with Crippen molar-refractivity contribution in [1.82, 2.24) is 0 Å². The summed E-state index contributed by atoms with van der Waals surface area (Å²) in [4.78, 5) is 73.0. The van der Waals surface area contributed by atoms with Gasteiger partial charge >= 0.3 is 39.5 Å². The number of aliphatic hydroxyl groups is 1. The Kier molecular flexibility index (Phi) is 70.0. The van der Waals surface area contributed by atoms with Gasteiger partial charge in [-0.3, -0.25) is 37.3 Å². The lowest BCUT2D eigenvalue weighted by Crippen LogP contribution is -2.30. The van der Waals surface area contributed by atoms with Crippen LogP contribution in [0.25, 0.3) is 0 Å². The molecule has 0 rings (SSSR count). The second kappa shape index (κ2) is 71.8. The van der Waals surface area contributed by atoms with E-state index in [4.69, 9.17) is 37.0 Å². The van der Waals surface area contributed by atoms with Crippen molar-refractivity contribution in [3.8, 4) is 0 Å². The van der Waals surface area contributed by atoms with E-state index in [0.717, 1.165) is 121 Å². The van der Waals surface area contributed by atoms with Gasteiger partial charge in [0.15, 0.2) is 12.2 Å². The summed E-state index contributed by atoms with van der Waals surface area (Å²) in [6.45, 7) is 11.9. The van der Waals surface area contributed by atoms with Crippen LogP contribution in [0, 0.1) is 17.8 Å². The van der Waals surface area contributed by atoms with Gasteiger partial charge < -0.3 is 33.8 Å². The van der Waals surface area contributed by atoms with E-state index in [1.165, 1.54) is 193 Å². The van der Waals surface area contributed by atoms with Crippen molar-refractivity contribution in [2.75, 3.05) is 39.6 Å². The lowest BCUT2D eigenvalue weighted by atomic mass is 9.99. The maximum absolute atomic E-state index is 13.1. The zero-order valence-corrected chi connectivity index (χ0v) is 67.6. The molecule has 0 bridgehead atoms. The zero-order chi connectivity index (χ0) is 74.4. The fourth-order valence-electron chi connectivity index (χ4n) is 12.1. The van der Waals surface area contributed by atoms with Crippen LogP contribution < -0.4 is 0 Å². The SMILES string of the molecule is CCCCCC/C=C\C=C/CCCCCCCC(=O)O[C@H](COC(=O)CCCCCCCCCC(C)C)COP(=O)(O)OCC(O)COP(=O)(O)OC[C@@H](COC(=O)CCCCCCCCCCCCCC(C)C)OC(=O)CCCCCCCCCCCCCCCCCCCCC(C)CC. The van der Waals surface area contributed by atoms with Gasteiger partial charge in [-0.25, -0.2) is 9.13 Å². The molecule has 0 amide bonds. The molecule has 0 fully saturated rings. The van der Waals surface area contributed by atoms with Crippen LogP contribution in [0.4, 0.5) is 0 Å². The highest BCUT2D eigenvalue weighted by Gasteiger charge is 2.30. The monoisotopic (exact) mass is 1480 g/mol. The molecule has 0 aromatic carbocycles. The summed E-state index contributed by atoms with van der Waals surface area (Å²) in [5.74, 6) is 0.199. The first-order chi connectivity index (χ1) is 48.8. The average molecular weight is 1480 g/mol. The number of hydrogen-bond donors (Lipinski definition) is 3. The van der Waals surface area contributed by atoms with Crippen LogP contribution >= 0.6 is 15.6 Å². The smallest absolute Gasteiger partial charge is 0.462 e. The summed E-state index contributed by atoms with van der Waals surface area (Å²) >= 11 is 0.